The van der Waals surface area contributed by atoms with E-state index in [2.05, 4.69) is 219 Å². The van der Waals surface area contributed by atoms with E-state index in [-0.39, 0.29) is 5.41 Å². The zero-order chi connectivity index (χ0) is 39.5. The third-order valence-corrected chi connectivity index (χ3v) is 12.3. The molecule has 0 spiro atoms. The average molecular weight is 756 g/mol. The number of para-hydroxylation sites is 1. The number of rotatable bonds is 7. The molecule has 0 aliphatic heterocycles. The highest BCUT2D eigenvalue weighted by Gasteiger charge is 2.35. The molecule has 0 fully saturated rings. The van der Waals surface area contributed by atoms with Crippen molar-refractivity contribution in [2.45, 2.75) is 19.3 Å². The first-order valence-electron chi connectivity index (χ1n) is 20.4. The van der Waals surface area contributed by atoms with E-state index in [9.17, 15) is 0 Å². The lowest BCUT2D eigenvalue weighted by Crippen LogP contribution is -2.16. The molecule has 0 saturated heterocycles. The minimum absolute atomic E-state index is 0.102. The molecule has 0 unspecified atom stereocenters. The van der Waals surface area contributed by atoms with E-state index in [4.69, 9.17) is 4.42 Å². The van der Waals surface area contributed by atoms with E-state index in [0.29, 0.717) is 0 Å². The van der Waals surface area contributed by atoms with Crippen LogP contribution in [0.2, 0.25) is 0 Å². The lowest BCUT2D eigenvalue weighted by molar-refractivity contribution is 0.660. The fourth-order valence-corrected chi connectivity index (χ4v) is 9.15. The van der Waals surface area contributed by atoms with Crippen molar-refractivity contribution < 1.29 is 4.42 Å². The van der Waals surface area contributed by atoms with Crippen LogP contribution in [0.25, 0.3) is 77.6 Å². The monoisotopic (exact) mass is 755 g/mol. The van der Waals surface area contributed by atoms with E-state index < -0.39 is 0 Å². The molecule has 11 rings (SSSR count). The topological polar surface area (TPSA) is 16.4 Å². The predicted molar refractivity (Wildman–Crippen MR) is 248 cm³/mol. The number of hydrogen-bond donors (Lipinski definition) is 0. The Morgan fingerprint density at radius 3 is 1.49 bits per heavy atom. The van der Waals surface area contributed by atoms with Crippen LogP contribution in [0.1, 0.15) is 25.0 Å². The fourth-order valence-electron chi connectivity index (χ4n) is 9.15. The van der Waals surface area contributed by atoms with Gasteiger partial charge in [-0.25, -0.2) is 0 Å². The van der Waals surface area contributed by atoms with Gasteiger partial charge in [-0.3, -0.25) is 0 Å². The molecule has 1 heterocycles. The largest absolute Gasteiger partial charge is 0.456 e. The Balaban J connectivity index is 0.938. The quantitative estimate of drug-likeness (QED) is 0.161. The Morgan fingerprint density at radius 1 is 0.322 bits per heavy atom. The molecule has 0 N–H and O–H groups in total. The Bertz CT molecular complexity index is 3150. The number of fused-ring (bicyclic) bond motifs is 6. The van der Waals surface area contributed by atoms with Crippen molar-refractivity contribution in [3.63, 3.8) is 0 Å². The summed E-state index contributed by atoms with van der Waals surface area (Å²) in [4.78, 5) is 2.39. The van der Waals surface area contributed by atoms with Gasteiger partial charge in [0.25, 0.3) is 0 Å². The van der Waals surface area contributed by atoms with Gasteiger partial charge in [0.2, 0.25) is 0 Å². The Kier molecular flexibility index (Phi) is 8.20. The Morgan fingerprint density at radius 2 is 0.797 bits per heavy atom. The minimum Gasteiger partial charge on any atom is -0.456 e. The molecule has 1 aromatic heterocycles. The van der Waals surface area contributed by atoms with Crippen LogP contribution >= 0.6 is 0 Å². The van der Waals surface area contributed by atoms with Gasteiger partial charge in [0.05, 0.1) is 0 Å². The maximum Gasteiger partial charge on any atom is 0.135 e. The molecule has 2 nitrogen and oxygen atoms in total. The van der Waals surface area contributed by atoms with Gasteiger partial charge in [-0.05, 0) is 127 Å². The van der Waals surface area contributed by atoms with Gasteiger partial charge < -0.3 is 9.32 Å². The molecular formula is C57H41NO. The van der Waals surface area contributed by atoms with Crippen molar-refractivity contribution in [2.75, 3.05) is 4.90 Å². The van der Waals surface area contributed by atoms with Gasteiger partial charge in [0.15, 0.2) is 0 Å². The molecular weight excluding hydrogens is 715 g/mol. The minimum atomic E-state index is -0.102. The van der Waals surface area contributed by atoms with E-state index in [0.717, 1.165) is 39.0 Å². The number of hydrogen-bond acceptors (Lipinski definition) is 2. The molecule has 0 amide bonds. The second kappa shape index (κ2) is 13.9. The number of furan rings is 1. The van der Waals surface area contributed by atoms with Gasteiger partial charge in [-0.15, -0.1) is 0 Å². The van der Waals surface area contributed by atoms with Crippen molar-refractivity contribution in [1.29, 1.82) is 0 Å². The van der Waals surface area contributed by atoms with E-state index in [1.54, 1.807) is 0 Å². The summed E-state index contributed by atoms with van der Waals surface area (Å²) in [5, 5.41) is 2.29. The summed E-state index contributed by atoms with van der Waals surface area (Å²) in [6, 6.07) is 76.9. The summed E-state index contributed by atoms with van der Waals surface area (Å²) >= 11 is 0. The van der Waals surface area contributed by atoms with Crippen LogP contribution in [0.3, 0.4) is 0 Å². The van der Waals surface area contributed by atoms with Crippen LogP contribution in [0.5, 0.6) is 0 Å². The van der Waals surface area contributed by atoms with Crippen molar-refractivity contribution in [3.8, 4) is 55.6 Å². The van der Waals surface area contributed by atoms with Crippen molar-refractivity contribution >= 4 is 39.0 Å². The molecule has 0 saturated carbocycles. The lowest BCUT2D eigenvalue weighted by atomic mass is 9.82. The maximum absolute atomic E-state index is 6.08. The highest BCUT2D eigenvalue weighted by molar-refractivity contribution is 6.06. The number of anilines is 3. The molecule has 0 radical (unpaired) electrons. The van der Waals surface area contributed by atoms with Gasteiger partial charge in [0, 0.05) is 33.2 Å². The summed E-state index contributed by atoms with van der Waals surface area (Å²) in [5.74, 6) is 0. The van der Waals surface area contributed by atoms with Gasteiger partial charge in [-0.1, -0.05) is 166 Å². The highest BCUT2D eigenvalue weighted by Crippen LogP contribution is 2.50. The van der Waals surface area contributed by atoms with Crippen LogP contribution in [-0.2, 0) is 5.41 Å². The van der Waals surface area contributed by atoms with Crippen molar-refractivity contribution in [3.05, 3.63) is 223 Å². The van der Waals surface area contributed by atoms with Crippen molar-refractivity contribution in [1.82, 2.24) is 0 Å². The average Bonchev–Trinajstić information content (AvgIpc) is 3.78. The third-order valence-electron chi connectivity index (χ3n) is 12.3. The standard InChI is InChI=1S/C57H41NO/c1-57(2)53-17-8-6-15-49(53)50-33-32-48(37-54(50)57)58(47-30-25-42(26-31-47)44-14-10-13-43(35-44)38-11-4-3-5-12-38)46-28-23-40(24-29-46)39-19-21-41(22-20-39)45-27-34-56-52(36-45)51-16-7-9-18-55(51)59-56/h3-37H,1-2H3. The van der Waals surface area contributed by atoms with Crippen LogP contribution in [0.4, 0.5) is 17.1 Å². The van der Waals surface area contributed by atoms with E-state index in [1.165, 1.54) is 66.8 Å². The summed E-state index contributed by atoms with van der Waals surface area (Å²) < 4.78 is 6.08. The first kappa shape index (κ1) is 34.8. The second-order valence-electron chi connectivity index (χ2n) is 16.2. The van der Waals surface area contributed by atoms with Crippen LogP contribution in [0, 0.1) is 0 Å². The fraction of sp³-hybridized carbons (Fsp3) is 0.0526. The first-order chi connectivity index (χ1) is 29.0. The smallest absolute Gasteiger partial charge is 0.135 e. The summed E-state index contributed by atoms with van der Waals surface area (Å²) in [6.07, 6.45) is 0. The van der Waals surface area contributed by atoms with Crippen LogP contribution in [0.15, 0.2) is 217 Å². The normalized spacial score (nSPS) is 12.7. The number of benzene rings is 9. The van der Waals surface area contributed by atoms with Crippen LogP contribution in [-0.4, -0.2) is 0 Å². The summed E-state index contributed by atoms with van der Waals surface area (Å²) in [6.45, 7) is 4.70. The predicted octanol–water partition coefficient (Wildman–Crippen LogP) is 16.0. The molecule has 280 valence electrons. The highest BCUT2D eigenvalue weighted by atomic mass is 16.3. The second-order valence-corrected chi connectivity index (χ2v) is 16.2. The molecule has 59 heavy (non-hydrogen) atoms. The molecule has 1 aliphatic carbocycles. The van der Waals surface area contributed by atoms with E-state index in [1.807, 2.05) is 12.1 Å². The maximum atomic E-state index is 6.08. The first-order valence-corrected chi connectivity index (χ1v) is 20.4. The Labute approximate surface area is 345 Å². The summed E-state index contributed by atoms with van der Waals surface area (Å²) in [5.41, 5.74) is 20.0. The molecule has 2 heteroatoms. The molecule has 0 atom stereocenters. The molecule has 1 aliphatic rings. The molecule has 10 aromatic rings. The third kappa shape index (κ3) is 6.04. The van der Waals surface area contributed by atoms with E-state index >= 15 is 0 Å². The van der Waals surface area contributed by atoms with Gasteiger partial charge >= 0.3 is 0 Å². The summed E-state index contributed by atoms with van der Waals surface area (Å²) in [7, 11) is 0. The SMILES string of the molecule is CC1(C)c2ccccc2-c2ccc(N(c3ccc(-c4ccc(-c5ccc6oc7ccccc7c6c5)cc4)cc3)c3ccc(-c4cccc(-c5ccccc5)c4)cc3)cc21. The molecule has 9 aromatic carbocycles. The van der Waals surface area contributed by atoms with Gasteiger partial charge in [0.1, 0.15) is 11.2 Å². The zero-order valence-electron chi connectivity index (χ0n) is 33.1. The zero-order valence-corrected chi connectivity index (χ0v) is 33.1. The van der Waals surface area contributed by atoms with Crippen LogP contribution < -0.4 is 4.90 Å². The lowest BCUT2D eigenvalue weighted by Gasteiger charge is -2.28. The van der Waals surface area contributed by atoms with Gasteiger partial charge in [-0.2, -0.15) is 0 Å². The molecule has 0 bridgehead atoms. The van der Waals surface area contributed by atoms with Crippen molar-refractivity contribution in [2.24, 2.45) is 0 Å². The Hall–Kier alpha value is -7.42. The number of nitrogens with zero attached hydrogens (tertiary/aromatic N) is 1.